The zero-order valence-electron chi connectivity index (χ0n) is 15.8. The van der Waals surface area contributed by atoms with Gasteiger partial charge < -0.3 is 5.73 Å². The lowest BCUT2D eigenvalue weighted by Gasteiger charge is -2.35. The minimum Gasteiger partial charge on any atom is -0.330 e. The molecule has 1 heterocycles. The Hall–Kier alpha value is -3.24. The fraction of sp³-hybridized carbons (Fsp3) is 0.167. The number of hydrogen-bond acceptors (Lipinski definition) is 3. The van der Waals surface area contributed by atoms with E-state index in [2.05, 4.69) is 77.8 Å². The van der Waals surface area contributed by atoms with E-state index in [-0.39, 0.29) is 0 Å². The standard InChI is InChI=1S/C24H24N4/c25-18-10-17-23-26-19-28(27-23)24(20-11-4-1-5-12-20,21-13-6-2-7-14-21)22-15-8-3-9-16-22/h1-9,11-16,19H,10,17-18,25H2. The molecular weight excluding hydrogens is 344 g/mol. The van der Waals surface area contributed by atoms with Crippen LogP contribution in [0.5, 0.6) is 0 Å². The Morgan fingerprint density at radius 2 is 1.18 bits per heavy atom. The molecule has 0 aliphatic rings. The second kappa shape index (κ2) is 8.19. The van der Waals surface area contributed by atoms with Crippen LogP contribution in [0, 0.1) is 0 Å². The first-order valence-electron chi connectivity index (χ1n) is 9.63. The molecule has 0 radical (unpaired) electrons. The van der Waals surface area contributed by atoms with Crippen molar-refractivity contribution < 1.29 is 0 Å². The van der Waals surface area contributed by atoms with Gasteiger partial charge in [-0.2, -0.15) is 5.10 Å². The Bertz CT molecular complexity index is 898. The second-order valence-corrected chi connectivity index (χ2v) is 6.81. The lowest BCUT2D eigenvalue weighted by molar-refractivity contribution is 0.455. The normalized spacial score (nSPS) is 11.5. The minimum absolute atomic E-state index is 0.599. The molecule has 3 aromatic carbocycles. The Kier molecular flexibility index (Phi) is 5.31. The molecule has 140 valence electrons. The van der Waals surface area contributed by atoms with Gasteiger partial charge in [0.05, 0.1) is 0 Å². The van der Waals surface area contributed by atoms with Crippen molar-refractivity contribution in [2.75, 3.05) is 6.54 Å². The van der Waals surface area contributed by atoms with E-state index >= 15 is 0 Å². The maximum atomic E-state index is 5.68. The molecule has 0 saturated heterocycles. The first-order valence-corrected chi connectivity index (χ1v) is 9.63. The van der Waals surface area contributed by atoms with Crippen LogP contribution in [0.25, 0.3) is 0 Å². The third-order valence-electron chi connectivity index (χ3n) is 5.06. The van der Waals surface area contributed by atoms with Gasteiger partial charge in [-0.15, -0.1) is 0 Å². The van der Waals surface area contributed by atoms with Crippen LogP contribution in [0.2, 0.25) is 0 Å². The van der Waals surface area contributed by atoms with Gasteiger partial charge >= 0.3 is 0 Å². The molecule has 0 bridgehead atoms. The molecule has 0 atom stereocenters. The summed E-state index contributed by atoms with van der Waals surface area (Å²) < 4.78 is 2.00. The molecule has 0 unspecified atom stereocenters. The molecule has 0 aliphatic carbocycles. The third kappa shape index (κ3) is 3.23. The molecule has 28 heavy (non-hydrogen) atoms. The monoisotopic (exact) mass is 368 g/mol. The molecule has 4 rings (SSSR count). The summed E-state index contributed by atoms with van der Waals surface area (Å²) in [5, 5.41) is 4.90. The largest absolute Gasteiger partial charge is 0.330 e. The lowest BCUT2D eigenvalue weighted by atomic mass is 9.77. The van der Waals surface area contributed by atoms with Crippen LogP contribution in [0.15, 0.2) is 97.3 Å². The zero-order valence-corrected chi connectivity index (χ0v) is 15.8. The Morgan fingerprint density at radius 3 is 1.61 bits per heavy atom. The first kappa shape index (κ1) is 18.1. The predicted octanol–water partition coefficient (Wildman–Crippen LogP) is 4.01. The Labute approximate surface area is 165 Å². The summed E-state index contributed by atoms with van der Waals surface area (Å²) in [5.41, 5.74) is 8.50. The van der Waals surface area contributed by atoms with Gasteiger partial charge in [-0.05, 0) is 29.7 Å². The highest BCUT2D eigenvalue weighted by molar-refractivity contribution is 5.50. The van der Waals surface area contributed by atoms with Gasteiger partial charge in [0.15, 0.2) is 5.82 Å². The highest BCUT2D eigenvalue weighted by atomic mass is 15.4. The summed E-state index contributed by atoms with van der Waals surface area (Å²) >= 11 is 0. The number of nitrogens with two attached hydrogens (primary N) is 1. The summed E-state index contributed by atoms with van der Waals surface area (Å²) in [7, 11) is 0. The van der Waals surface area contributed by atoms with Crippen LogP contribution in [0.1, 0.15) is 28.9 Å². The van der Waals surface area contributed by atoms with Crippen molar-refractivity contribution in [2.45, 2.75) is 18.4 Å². The quantitative estimate of drug-likeness (QED) is 0.502. The molecule has 2 N–H and O–H groups in total. The number of rotatable bonds is 7. The van der Waals surface area contributed by atoms with Gasteiger partial charge in [-0.25, -0.2) is 9.67 Å². The fourth-order valence-corrected chi connectivity index (χ4v) is 3.77. The summed E-state index contributed by atoms with van der Waals surface area (Å²) in [4.78, 5) is 4.59. The molecule has 1 aromatic heterocycles. The van der Waals surface area contributed by atoms with Crippen molar-refractivity contribution in [1.29, 1.82) is 0 Å². The molecule has 0 saturated carbocycles. The average Bonchev–Trinajstić information content (AvgIpc) is 3.24. The SMILES string of the molecule is NCCCc1ncn(C(c2ccccc2)(c2ccccc2)c2ccccc2)n1. The van der Waals surface area contributed by atoms with E-state index in [1.54, 1.807) is 0 Å². The number of nitrogens with zero attached hydrogens (tertiary/aromatic N) is 3. The van der Waals surface area contributed by atoms with Gasteiger partial charge in [0.2, 0.25) is 0 Å². The highest BCUT2D eigenvalue weighted by Gasteiger charge is 2.39. The van der Waals surface area contributed by atoms with E-state index in [9.17, 15) is 0 Å². The summed E-state index contributed by atoms with van der Waals surface area (Å²) in [5.74, 6) is 0.817. The van der Waals surface area contributed by atoms with E-state index < -0.39 is 5.54 Å². The maximum absolute atomic E-state index is 5.68. The van der Waals surface area contributed by atoms with Crippen LogP contribution >= 0.6 is 0 Å². The Morgan fingerprint density at radius 1 is 0.714 bits per heavy atom. The molecule has 0 amide bonds. The van der Waals surface area contributed by atoms with Gasteiger partial charge in [0.25, 0.3) is 0 Å². The van der Waals surface area contributed by atoms with Gasteiger partial charge in [-0.1, -0.05) is 91.0 Å². The molecular formula is C24H24N4. The van der Waals surface area contributed by atoms with E-state index in [0.29, 0.717) is 6.54 Å². The number of benzene rings is 3. The predicted molar refractivity (Wildman–Crippen MR) is 112 cm³/mol. The van der Waals surface area contributed by atoms with Gasteiger partial charge in [0.1, 0.15) is 11.9 Å². The molecule has 0 fully saturated rings. The van der Waals surface area contributed by atoms with Crippen molar-refractivity contribution in [3.63, 3.8) is 0 Å². The molecule has 0 aliphatic heterocycles. The van der Waals surface area contributed by atoms with Crippen molar-refractivity contribution in [3.05, 3.63) is 120 Å². The van der Waals surface area contributed by atoms with Gasteiger partial charge in [0, 0.05) is 6.42 Å². The van der Waals surface area contributed by atoms with Crippen molar-refractivity contribution in [2.24, 2.45) is 5.73 Å². The highest BCUT2D eigenvalue weighted by Crippen LogP contribution is 2.40. The number of hydrogen-bond donors (Lipinski definition) is 1. The summed E-state index contributed by atoms with van der Waals surface area (Å²) in [6.45, 7) is 0.635. The van der Waals surface area contributed by atoms with Gasteiger partial charge in [-0.3, -0.25) is 0 Å². The number of aromatic nitrogens is 3. The van der Waals surface area contributed by atoms with Crippen LogP contribution < -0.4 is 5.73 Å². The number of aryl methyl sites for hydroxylation is 1. The zero-order chi connectivity index (χ0) is 19.2. The first-order chi connectivity index (χ1) is 13.9. The van der Waals surface area contributed by atoms with Crippen LogP contribution in [0.3, 0.4) is 0 Å². The van der Waals surface area contributed by atoms with Crippen LogP contribution in [0.4, 0.5) is 0 Å². The minimum atomic E-state index is -0.599. The fourth-order valence-electron chi connectivity index (χ4n) is 3.77. The van der Waals surface area contributed by atoms with Crippen molar-refractivity contribution in [3.8, 4) is 0 Å². The van der Waals surface area contributed by atoms with Crippen molar-refractivity contribution in [1.82, 2.24) is 14.8 Å². The van der Waals surface area contributed by atoms with E-state index in [1.165, 1.54) is 0 Å². The van der Waals surface area contributed by atoms with E-state index in [1.807, 2.05) is 29.2 Å². The maximum Gasteiger partial charge on any atom is 0.150 e. The Balaban J connectivity index is 2.00. The lowest BCUT2D eigenvalue weighted by Crippen LogP contribution is -2.38. The average molecular weight is 368 g/mol. The molecule has 4 heteroatoms. The molecule has 4 aromatic rings. The second-order valence-electron chi connectivity index (χ2n) is 6.81. The van der Waals surface area contributed by atoms with Crippen LogP contribution in [-0.2, 0) is 12.0 Å². The molecule has 0 spiro atoms. The summed E-state index contributed by atoms with van der Waals surface area (Å²) in [6, 6.07) is 31.5. The van der Waals surface area contributed by atoms with Crippen molar-refractivity contribution >= 4 is 0 Å². The van der Waals surface area contributed by atoms with E-state index in [0.717, 1.165) is 35.4 Å². The molecule has 4 nitrogen and oxygen atoms in total. The van der Waals surface area contributed by atoms with Crippen LogP contribution in [-0.4, -0.2) is 21.3 Å². The smallest absolute Gasteiger partial charge is 0.150 e. The third-order valence-corrected chi connectivity index (χ3v) is 5.06. The summed E-state index contributed by atoms with van der Waals surface area (Å²) in [6.07, 6.45) is 3.50. The van der Waals surface area contributed by atoms with E-state index in [4.69, 9.17) is 10.8 Å². The topological polar surface area (TPSA) is 56.7 Å².